The van der Waals surface area contributed by atoms with Gasteiger partial charge in [-0.1, -0.05) is 11.6 Å². The van der Waals surface area contributed by atoms with Crippen molar-refractivity contribution in [2.75, 3.05) is 26.2 Å². The Morgan fingerprint density at radius 1 is 1.17 bits per heavy atom. The molecule has 0 unspecified atom stereocenters. The highest BCUT2D eigenvalue weighted by Gasteiger charge is 2.33. The van der Waals surface area contributed by atoms with Gasteiger partial charge in [0.05, 0.1) is 0 Å². The van der Waals surface area contributed by atoms with Crippen molar-refractivity contribution in [3.63, 3.8) is 0 Å². The van der Waals surface area contributed by atoms with E-state index in [0.717, 1.165) is 36.4 Å². The van der Waals surface area contributed by atoms with Crippen LogP contribution in [-0.2, 0) is 0 Å². The average molecular weight is 311 g/mol. The summed E-state index contributed by atoms with van der Waals surface area (Å²) in [6.07, 6.45) is 2.50. The summed E-state index contributed by atoms with van der Waals surface area (Å²) in [5.74, 6) is 0.169. The van der Waals surface area contributed by atoms with Crippen LogP contribution in [0.1, 0.15) is 40.0 Å². The number of hydrogen-bond acceptors (Lipinski definition) is 2. The molecule has 2 fully saturated rings. The van der Waals surface area contributed by atoms with Gasteiger partial charge in [0.25, 0.3) is 5.91 Å². The molecule has 1 atom stereocenters. The summed E-state index contributed by atoms with van der Waals surface area (Å²) < 4.78 is 0. The van der Waals surface area contributed by atoms with E-state index in [2.05, 4.69) is 42.8 Å². The van der Waals surface area contributed by atoms with Crippen LogP contribution in [0.5, 0.6) is 0 Å². The lowest BCUT2D eigenvalue weighted by atomic mass is 10.1. The second-order valence-corrected chi connectivity index (χ2v) is 7.21. The molecule has 1 N–H and O–H groups in total. The number of amides is 1. The van der Waals surface area contributed by atoms with Gasteiger partial charge in [0.15, 0.2) is 0 Å². The first kappa shape index (κ1) is 14.8. The number of benzene rings is 1. The van der Waals surface area contributed by atoms with E-state index in [1.807, 2.05) is 4.90 Å². The van der Waals surface area contributed by atoms with E-state index in [1.165, 1.54) is 35.9 Å². The van der Waals surface area contributed by atoms with Crippen molar-refractivity contribution in [1.82, 2.24) is 14.8 Å². The summed E-state index contributed by atoms with van der Waals surface area (Å²) >= 11 is 0. The van der Waals surface area contributed by atoms with Gasteiger partial charge < -0.3 is 9.88 Å². The van der Waals surface area contributed by atoms with Crippen LogP contribution < -0.4 is 0 Å². The molecule has 23 heavy (non-hydrogen) atoms. The first-order valence-corrected chi connectivity index (χ1v) is 8.67. The Hall–Kier alpha value is -1.81. The Balaban J connectivity index is 1.67. The maximum Gasteiger partial charge on any atom is 0.270 e. The largest absolute Gasteiger partial charge is 0.350 e. The van der Waals surface area contributed by atoms with Crippen LogP contribution in [-0.4, -0.2) is 52.9 Å². The van der Waals surface area contributed by atoms with Gasteiger partial charge in [0, 0.05) is 36.6 Å². The van der Waals surface area contributed by atoms with E-state index in [4.69, 9.17) is 0 Å². The summed E-state index contributed by atoms with van der Waals surface area (Å²) in [4.78, 5) is 21.0. The number of aromatic amines is 1. The highest BCUT2D eigenvalue weighted by atomic mass is 16.2. The topological polar surface area (TPSA) is 39.3 Å². The lowest BCUT2D eigenvalue weighted by Gasteiger charge is -2.37. The lowest BCUT2D eigenvalue weighted by molar-refractivity contribution is 0.0566. The number of nitrogens with one attached hydrogen (secondary N) is 1. The molecule has 4 nitrogen and oxygen atoms in total. The third-order valence-electron chi connectivity index (χ3n) is 5.60. The zero-order valence-electron chi connectivity index (χ0n) is 14.3. The Bertz CT molecular complexity index is 777. The molecule has 4 heteroatoms. The number of piperazine rings is 1. The van der Waals surface area contributed by atoms with E-state index < -0.39 is 0 Å². The summed E-state index contributed by atoms with van der Waals surface area (Å²) in [6.45, 7) is 10.2. The Kier molecular flexibility index (Phi) is 3.45. The number of nitrogens with zero attached hydrogens (tertiary/aromatic N) is 2. The fraction of sp³-hybridized carbons (Fsp3) is 0.526. The molecule has 3 heterocycles. The zero-order chi connectivity index (χ0) is 16.1. The maximum atomic E-state index is 13.1. The van der Waals surface area contributed by atoms with Crippen molar-refractivity contribution in [2.24, 2.45) is 0 Å². The Morgan fingerprint density at radius 3 is 2.83 bits per heavy atom. The van der Waals surface area contributed by atoms with E-state index in [0.29, 0.717) is 6.04 Å². The minimum absolute atomic E-state index is 0.169. The molecule has 2 aromatic rings. The van der Waals surface area contributed by atoms with Gasteiger partial charge in [-0.25, -0.2) is 0 Å². The van der Waals surface area contributed by atoms with Gasteiger partial charge in [0.2, 0.25) is 0 Å². The maximum absolute atomic E-state index is 13.1. The molecule has 0 spiro atoms. The first-order valence-electron chi connectivity index (χ1n) is 8.67. The van der Waals surface area contributed by atoms with Crippen LogP contribution in [0.4, 0.5) is 0 Å². The summed E-state index contributed by atoms with van der Waals surface area (Å²) in [6, 6.07) is 4.92. The smallest absolute Gasteiger partial charge is 0.270 e. The van der Waals surface area contributed by atoms with Crippen molar-refractivity contribution in [3.05, 3.63) is 34.5 Å². The normalized spacial score (nSPS) is 21.9. The third kappa shape index (κ3) is 2.36. The molecule has 1 amide bonds. The molecule has 2 saturated heterocycles. The molecule has 1 aromatic heterocycles. The van der Waals surface area contributed by atoms with Gasteiger partial charge in [-0.15, -0.1) is 0 Å². The summed E-state index contributed by atoms with van der Waals surface area (Å²) in [5, 5.41) is 1.19. The molecular weight excluding hydrogens is 286 g/mol. The predicted molar refractivity (Wildman–Crippen MR) is 93.0 cm³/mol. The Morgan fingerprint density at radius 2 is 2.00 bits per heavy atom. The molecule has 4 rings (SSSR count). The fourth-order valence-corrected chi connectivity index (χ4v) is 4.33. The number of aryl methyl sites for hydroxylation is 3. The molecule has 0 bridgehead atoms. The fourth-order valence-electron chi connectivity index (χ4n) is 4.33. The van der Waals surface area contributed by atoms with Crippen LogP contribution in [0.2, 0.25) is 0 Å². The van der Waals surface area contributed by atoms with Gasteiger partial charge in [-0.3, -0.25) is 9.69 Å². The Labute approximate surface area is 137 Å². The van der Waals surface area contributed by atoms with Gasteiger partial charge >= 0.3 is 0 Å². The van der Waals surface area contributed by atoms with Gasteiger partial charge in [-0.05, 0) is 57.4 Å². The van der Waals surface area contributed by atoms with E-state index in [9.17, 15) is 4.79 Å². The number of carbonyl (C=O) groups excluding carboxylic acids is 1. The van der Waals surface area contributed by atoms with Crippen LogP contribution in [0.15, 0.2) is 12.1 Å². The average Bonchev–Trinajstić information content (AvgIpc) is 3.11. The SMILES string of the molecule is Cc1cc(C)c2[nH]c(C(=O)N3CCN4CCC[C@H]4C3)c(C)c2c1. The second kappa shape index (κ2) is 5.38. The molecule has 2 aliphatic heterocycles. The summed E-state index contributed by atoms with van der Waals surface area (Å²) in [7, 11) is 0. The molecule has 122 valence electrons. The van der Waals surface area contributed by atoms with Crippen molar-refractivity contribution in [2.45, 2.75) is 39.7 Å². The van der Waals surface area contributed by atoms with Crippen LogP contribution in [0, 0.1) is 20.8 Å². The minimum atomic E-state index is 0.169. The number of fused-ring (bicyclic) bond motifs is 2. The predicted octanol–water partition coefficient (Wildman–Crippen LogP) is 3.01. The molecule has 1 aromatic carbocycles. The number of carbonyl (C=O) groups is 1. The van der Waals surface area contributed by atoms with Crippen molar-refractivity contribution < 1.29 is 4.79 Å². The van der Waals surface area contributed by atoms with Crippen molar-refractivity contribution in [3.8, 4) is 0 Å². The highest BCUT2D eigenvalue weighted by molar-refractivity contribution is 6.01. The number of H-pyrrole nitrogens is 1. The monoisotopic (exact) mass is 311 g/mol. The number of rotatable bonds is 1. The lowest BCUT2D eigenvalue weighted by Crippen LogP contribution is -2.52. The number of aromatic nitrogens is 1. The van der Waals surface area contributed by atoms with Gasteiger partial charge in [0.1, 0.15) is 5.69 Å². The second-order valence-electron chi connectivity index (χ2n) is 7.21. The van der Waals surface area contributed by atoms with E-state index >= 15 is 0 Å². The summed E-state index contributed by atoms with van der Waals surface area (Å²) in [5.41, 5.74) is 5.43. The van der Waals surface area contributed by atoms with Crippen LogP contribution in [0.3, 0.4) is 0 Å². The van der Waals surface area contributed by atoms with E-state index in [1.54, 1.807) is 0 Å². The molecule has 2 aliphatic rings. The number of hydrogen-bond donors (Lipinski definition) is 1. The molecule has 0 saturated carbocycles. The highest BCUT2D eigenvalue weighted by Crippen LogP contribution is 2.28. The standard InChI is InChI=1S/C19H25N3O/c1-12-9-13(2)17-16(10-12)14(3)18(20-17)19(23)22-8-7-21-6-4-5-15(21)11-22/h9-10,15,20H,4-8,11H2,1-3H3/t15-/m0/s1. The van der Waals surface area contributed by atoms with Crippen LogP contribution in [0.25, 0.3) is 10.9 Å². The van der Waals surface area contributed by atoms with Crippen molar-refractivity contribution >= 4 is 16.8 Å². The van der Waals surface area contributed by atoms with Crippen LogP contribution >= 0.6 is 0 Å². The quantitative estimate of drug-likeness (QED) is 0.879. The molecular formula is C19H25N3O. The first-order chi connectivity index (χ1) is 11.0. The zero-order valence-corrected chi connectivity index (χ0v) is 14.3. The minimum Gasteiger partial charge on any atom is -0.350 e. The molecule has 0 radical (unpaired) electrons. The van der Waals surface area contributed by atoms with Gasteiger partial charge in [-0.2, -0.15) is 0 Å². The van der Waals surface area contributed by atoms with E-state index in [-0.39, 0.29) is 5.91 Å². The molecule has 0 aliphatic carbocycles. The third-order valence-corrected chi connectivity index (χ3v) is 5.60. The van der Waals surface area contributed by atoms with Crippen molar-refractivity contribution in [1.29, 1.82) is 0 Å².